The van der Waals surface area contributed by atoms with Gasteiger partial charge in [0.05, 0.1) is 25.1 Å². The Hall–Kier alpha value is -1.93. The summed E-state index contributed by atoms with van der Waals surface area (Å²) in [7, 11) is 1.32. The van der Waals surface area contributed by atoms with E-state index >= 15 is 0 Å². The van der Waals surface area contributed by atoms with Crippen molar-refractivity contribution in [3.05, 3.63) is 39.5 Å². The summed E-state index contributed by atoms with van der Waals surface area (Å²) in [4.78, 5) is 34.0. The van der Waals surface area contributed by atoms with E-state index in [4.69, 9.17) is 4.74 Å². The molecule has 25 heavy (non-hydrogen) atoms. The van der Waals surface area contributed by atoms with Crippen LogP contribution in [0.4, 0.5) is 0 Å². The van der Waals surface area contributed by atoms with Gasteiger partial charge in [0.15, 0.2) is 0 Å². The maximum atomic E-state index is 12.1. The van der Waals surface area contributed by atoms with Crippen LogP contribution >= 0.6 is 23.1 Å². The van der Waals surface area contributed by atoms with E-state index in [1.807, 2.05) is 31.4 Å². The maximum absolute atomic E-state index is 12.1. The van der Waals surface area contributed by atoms with Gasteiger partial charge in [-0.2, -0.15) is 0 Å². The fourth-order valence-corrected chi connectivity index (χ4v) is 3.60. The standard InChI is InChI=1S/C17H21N3O3S2/c1-10(2)15-19-11(3)14(17(22)23-4)16(20-15)25-9-13(21)18-8-12-6-5-7-24-12/h5-7,10H,8-9H2,1-4H3,(H,18,21). The van der Waals surface area contributed by atoms with Crippen molar-refractivity contribution < 1.29 is 14.3 Å². The molecule has 6 nitrogen and oxygen atoms in total. The molecule has 0 aromatic carbocycles. The lowest BCUT2D eigenvalue weighted by molar-refractivity contribution is -0.118. The Kier molecular flexibility index (Phi) is 6.95. The summed E-state index contributed by atoms with van der Waals surface area (Å²) in [6.07, 6.45) is 0. The maximum Gasteiger partial charge on any atom is 0.342 e. The van der Waals surface area contributed by atoms with Crippen LogP contribution in [0.3, 0.4) is 0 Å². The highest BCUT2D eigenvalue weighted by atomic mass is 32.2. The molecule has 0 spiro atoms. The Balaban J connectivity index is 2.10. The van der Waals surface area contributed by atoms with Crippen molar-refractivity contribution in [2.75, 3.05) is 12.9 Å². The number of carbonyl (C=O) groups excluding carboxylic acids is 2. The molecule has 0 saturated heterocycles. The Bertz CT molecular complexity index is 746. The van der Waals surface area contributed by atoms with E-state index < -0.39 is 5.97 Å². The van der Waals surface area contributed by atoms with Gasteiger partial charge in [0.2, 0.25) is 5.91 Å². The molecule has 0 bridgehead atoms. The number of hydrogen-bond donors (Lipinski definition) is 1. The van der Waals surface area contributed by atoms with Gasteiger partial charge < -0.3 is 10.1 Å². The molecule has 0 radical (unpaired) electrons. The van der Waals surface area contributed by atoms with E-state index in [1.54, 1.807) is 18.3 Å². The van der Waals surface area contributed by atoms with Crippen LogP contribution < -0.4 is 5.32 Å². The fourth-order valence-electron chi connectivity index (χ4n) is 2.05. The normalized spacial score (nSPS) is 10.8. The molecule has 2 rings (SSSR count). The van der Waals surface area contributed by atoms with Crippen LogP contribution in [-0.2, 0) is 16.1 Å². The van der Waals surface area contributed by atoms with Gasteiger partial charge in [-0.1, -0.05) is 31.7 Å². The van der Waals surface area contributed by atoms with Crippen LogP contribution in [0.5, 0.6) is 0 Å². The number of methoxy groups -OCH3 is 1. The van der Waals surface area contributed by atoms with Crippen molar-refractivity contribution in [3.8, 4) is 0 Å². The second-order valence-electron chi connectivity index (χ2n) is 5.64. The van der Waals surface area contributed by atoms with Crippen LogP contribution in [-0.4, -0.2) is 34.7 Å². The third-order valence-corrected chi connectivity index (χ3v) is 5.21. The number of amides is 1. The lowest BCUT2D eigenvalue weighted by Gasteiger charge is -2.13. The fraction of sp³-hybridized carbons (Fsp3) is 0.412. The van der Waals surface area contributed by atoms with E-state index in [1.165, 1.54) is 18.9 Å². The second-order valence-corrected chi connectivity index (χ2v) is 7.63. The number of aryl methyl sites for hydroxylation is 1. The molecular formula is C17H21N3O3S2. The van der Waals surface area contributed by atoms with Gasteiger partial charge in [0, 0.05) is 10.8 Å². The number of carbonyl (C=O) groups is 2. The third-order valence-electron chi connectivity index (χ3n) is 3.36. The monoisotopic (exact) mass is 379 g/mol. The minimum Gasteiger partial charge on any atom is -0.465 e. The van der Waals surface area contributed by atoms with Crippen molar-refractivity contribution in [1.82, 2.24) is 15.3 Å². The average molecular weight is 380 g/mol. The molecule has 0 saturated carbocycles. The molecule has 0 fully saturated rings. The van der Waals surface area contributed by atoms with Crippen LogP contribution in [0.2, 0.25) is 0 Å². The minimum absolute atomic E-state index is 0.114. The number of thiophene rings is 1. The average Bonchev–Trinajstić information content (AvgIpc) is 3.10. The van der Waals surface area contributed by atoms with E-state index in [2.05, 4.69) is 15.3 Å². The lowest BCUT2D eigenvalue weighted by Crippen LogP contribution is -2.24. The first-order valence-electron chi connectivity index (χ1n) is 7.81. The number of aromatic nitrogens is 2. The molecule has 2 aromatic rings. The van der Waals surface area contributed by atoms with Crippen LogP contribution in [0.1, 0.15) is 46.5 Å². The number of thioether (sulfide) groups is 1. The van der Waals surface area contributed by atoms with Gasteiger partial charge in [-0.3, -0.25) is 4.79 Å². The van der Waals surface area contributed by atoms with E-state index in [0.29, 0.717) is 28.7 Å². The third kappa shape index (κ3) is 5.27. The predicted octanol–water partition coefficient (Wildman–Crippen LogP) is 3.17. The van der Waals surface area contributed by atoms with E-state index in [0.717, 1.165) is 4.88 Å². The first-order valence-corrected chi connectivity index (χ1v) is 9.67. The van der Waals surface area contributed by atoms with E-state index in [9.17, 15) is 9.59 Å². The van der Waals surface area contributed by atoms with Crippen LogP contribution in [0.15, 0.2) is 22.5 Å². The molecule has 0 aliphatic heterocycles. The number of ether oxygens (including phenoxy) is 1. The number of nitrogens with zero attached hydrogens (tertiary/aromatic N) is 2. The Morgan fingerprint density at radius 1 is 1.36 bits per heavy atom. The van der Waals surface area contributed by atoms with Crippen LogP contribution in [0, 0.1) is 6.92 Å². The molecule has 1 N–H and O–H groups in total. The molecule has 2 heterocycles. The van der Waals surface area contributed by atoms with Gasteiger partial charge in [0.1, 0.15) is 16.4 Å². The Labute approximate surface area is 155 Å². The first kappa shape index (κ1) is 19.4. The zero-order chi connectivity index (χ0) is 18.4. The van der Waals surface area contributed by atoms with Crippen molar-refractivity contribution in [2.45, 2.75) is 38.3 Å². The molecule has 8 heteroatoms. The molecule has 0 aliphatic carbocycles. The Morgan fingerprint density at radius 2 is 2.12 bits per heavy atom. The number of rotatable bonds is 7. The zero-order valence-electron chi connectivity index (χ0n) is 14.7. The topological polar surface area (TPSA) is 81.2 Å². The molecular weight excluding hydrogens is 358 g/mol. The molecule has 2 aromatic heterocycles. The molecule has 0 aliphatic rings. The number of nitrogens with one attached hydrogen (secondary N) is 1. The molecule has 0 unspecified atom stereocenters. The van der Waals surface area contributed by atoms with Gasteiger partial charge in [-0.15, -0.1) is 11.3 Å². The Morgan fingerprint density at radius 3 is 2.72 bits per heavy atom. The molecule has 134 valence electrons. The van der Waals surface area contributed by atoms with Crippen molar-refractivity contribution >= 4 is 35.0 Å². The highest BCUT2D eigenvalue weighted by molar-refractivity contribution is 8.00. The summed E-state index contributed by atoms with van der Waals surface area (Å²) >= 11 is 2.81. The summed E-state index contributed by atoms with van der Waals surface area (Å²) in [5, 5.41) is 5.31. The highest BCUT2D eigenvalue weighted by Crippen LogP contribution is 2.25. The second kappa shape index (κ2) is 8.96. The van der Waals surface area contributed by atoms with E-state index in [-0.39, 0.29) is 17.6 Å². The summed E-state index contributed by atoms with van der Waals surface area (Å²) in [5.74, 6) is 0.332. The number of esters is 1. The molecule has 0 atom stereocenters. The van der Waals surface area contributed by atoms with Gasteiger partial charge in [-0.05, 0) is 18.4 Å². The zero-order valence-corrected chi connectivity index (χ0v) is 16.3. The van der Waals surface area contributed by atoms with Gasteiger partial charge >= 0.3 is 5.97 Å². The SMILES string of the molecule is COC(=O)c1c(C)nc(C(C)C)nc1SCC(=O)NCc1cccs1. The van der Waals surface area contributed by atoms with Gasteiger partial charge in [0.25, 0.3) is 0 Å². The smallest absolute Gasteiger partial charge is 0.342 e. The first-order chi connectivity index (χ1) is 11.9. The summed E-state index contributed by atoms with van der Waals surface area (Å²) in [6, 6.07) is 3.91. The van der Waals surface area contributed by atoms with Crippen molar-refractivity contribution in [1.29, 1.82) is 0 Å². The lowest BCUT2D eigenvalue weighted by atomic mass is 10.2. The van der Waals surface area contributed by atoms with Crippen molar-refractivity contribution in [2.24, 2.45) is 0 Å². The molecule has 1 amide bonds. The highest BCUT2D eigenvalue weighted by Gasteiger charge is 2.21. The summed E-state index contributed by atoms with van der Waals surface area (Å²) < 4.78 is 4.83. The quantitative estimate of drug-likeness (QED) is 0.452. The largest absolute Gasteiger partial charge is 0.465 e. The van der Waals surface area contributed by atoms with Crippen LogP contribution in [0.25, 0.3) is 0 Å². The summed E-state index contributed by atoms with van der Waals surface area (Å²) in [5.41, 5.74) is 0.884. The van der Waals surface area contributed by atoms with Gasteiger partial charge in [-0.25, -0.2) is 14.8 Å². The predicted molar refractivity (Wildman–Crippen MR) is 99.1 cm³/mol. The van der Waals surface area contributed by atoms with Crippen molar-refractivity contribution in [3.63, 3.8) is 0 Å². The minimum atomic E-state index is -0.491. The number of hydrogen-bond acceptors (Lipinski definition) is 7. The summed E-state index contributed by atoms with van der Waals surface area (Å²) in [6.45, 7) is 6.21.